The number of ether oxygens (including phenoxy) is 2. The first-order valence-corrected chi connectivity index (χ1v) is 7.22. The van der Waals surface area contributed by atoms with Crippen molar-refractivity contribution in [2.24, 2.45) is 0 Å². The van der Waals surface area contributed by atoms with Gasteiger partial charge in [-0.1, -0.05) is 55.1 Å². The highest BCUT2D eigenvalue weighted by atomic mass is 16.6. The zero-order valence-corrected chi connectivity index (χ0v) is 12.8. The van der Waals surface area contributed by atoms with E-state index in [0.29, 0.717) is 5.57 Å². The molecule has 0 aliphatic heterocycles. The van der Waals surface area contributed by atoms with Crippen molar-refractivity contribution < 1.29 is 19.1 Å². The third kappa shape index (κ3) is 4.81. The second-order valence-corrected chi connectivity index (χ2v) is 4.93. The summed E-state index contributed by atoms with van der Waals surface area (Å²) in [5.41, 5.74) is 1.58. The van der Waals surface area contributed by atoms with Crippen LogP contribution in [0.2, 0.25) is 0 Å². The molecule has 1 aliphatic rings. The Morgan fingerprint density at radius 2 is 1.91 bits per heavy atom. The molecule has 0 heterocycles. The molecule has 23 heavy (non-hydrogen) atoms. The molecule has 2 atom stereocenters. The molecule has 0 bridgehead atoms. The predicted octanol–water partition coefficient (Wildman–Crippen LogP) is 3.23. The Labute approximate surface area is 135 Å². The minimum Gasteiger partial charge on any atom is -0.453 e. The van der Waals surface area contributed by atoms with E-state index in [1.165, 1.54) is 13.0 Å². The summed E-state index contributed by atoms with van der Waals surface area (Å²) in [5.74, 6) is -0.954. The van der Waals surface area contributed by atoms with Gasteiger partial charge in [-0.25, -0.2) is 4.79 Å². The average molecular weight is 310 g/mol. The predicted molar refractivity (Wildman–Crippen MR) is 88.3 cm³/mol. The Morgan fingerprint density at radius 1 is 1.17 bits per heavy atom. The van der Waals surface area contributed by atoms with Crippen LogP contribution in [0.15, 0.2) is 72.9 Å². The lowest BCUT2D eigenvalue weighted by atomic mass is 9.99. The van der Waals surface area contributed by atoms with E-state index in [1.807, 2.05) is 30.3 Å². The van der Waals surface area contributed by atoms with Crippen molar-refractivity contribution in [1.82, 2.24) is 0 Å². The van der Waals surface area contributed by atoms with Crippen LogP contribution >= 0.6 is 0 Å². The van der Waals surface area contributed by atoms with Crippen LogP contribution in [0.4, 0.5) is 0 Å². The van der Waals surface area contributed by atoms with Crippen molar-refractivity contribution in [3.8, 4) is 0 Å². The molecular formula is C19H18O4. The van der Waals surface area contributed by atoms with Gasteiger partial charge in [0.05, 0.1) is 0 Å². The lowest BCUT2D eigenvalue weighted by Gasteiger charge is -2.27. The summed E-state index contributed by atoms with van der Waals surface area (Å²) in [4.78, 5) is 23.2. The van der Waals surface area contributed by atoms with Crippen molar-refractivity contribution in [3.63, 3.8) is 0 Å². The number of carbonyl (C=O) groups is 2. The number of esters is 2. The largest absolute Gasteiger partial charge is 0.453 e. The van der Waals surface area contributed by atoms with Gasteiger partial charge in [-0.2, -0.15) is 0 Å². The summed E-state index contributed by atoms with van der Waals surface area (Å²) >= 11 is 0. The van der Waals surface area contributed by atoms with E-state index in [0.717, 1.165) is 5.56 Å². The Kier molecular flexibility index (Phi) is 5.69. The van der Waals surface area contributed by atoms with Gasteiger partial charge in [-0.05, 0) is 23.3 Å². The molecule has 0 fully saturated rings. The molecule has 0 spiro atoms. The van der Waals surface area contributed by atoms with Crippen molar-refractivity contribution >= 4 is 18.0 Å². The number of hydrogen-bond acceptors (Lipinski definition) is 4. The van der Waals surface area contributed by atoms with Crippen LogP contribution < -0.4 is 0 Å². The van der Waals surface area contributed by atoms with Crippen molar-refractivity contribution in [2.45, 2.75) is 19.1 Å². The summed E-state index contributed by atoms with van der Waals surface area (Å²) in [6.07, 6.45) is 8.43. The maximum atomic E-state index is 12.0. The average Bonchev–Trinajstić information content (AvgIpc) is 2.55. The molecule has 118 valence electrons. The maximum Gasteiger partial charge on any atom is 0.331 e. The van der Waals surface area contributed by atoms with E-state index >= 15 is 0 Å². The normalized spacial score (nSPS) is 20.0. The fraction of sp³-hybridized carbons (Fsp3) is 0.158. The molecule has 4 heteroatoms. The molecule has 0 saturated heterocycles. The summed E-state index contributed by atoms with van der Waals surface area (Å²) in [6.45, 7) is 5.00. The van der Waals surface area contributed by atoms with Crippen molar-refractivity contribution in [1.29, 1.82) is 0 Å². The van der Waals surface area contributed by atoms with E-state index in [-0.39, 0.29) is 0 Å². The lowest BCUT2D eigenvalue weighted by Crippen LogP contribution is -2.35. The van der Waals surface area contributed by atoms with E-state index in [1.54, 1.807) is 30.4 Å². The zero-order valence-electron chi connectivity index (χ0n) is 12.8. The highest BCUT2D eigenvalue weighted by Crippen LogP contribution is 2.21. The molecule has 0 saturated carbocycles. The van der Waals surface area contributed by atoms with Gasteiger partial charge >= 0.3 is 11.9 Å². The molecule has 0 unspecified atom stereocenters. The van der Waals surface area contributed by atoms with Gasteiger partial charge in [0.25, 0.3) is 0 Å². The fourth-order valence-corrected chi connectivity index (χ4v) is 2.16. The van der Waals surface area contributed by atoms with Crippen molar-refractivity contribution in [3.05, 3.63) is 78.4 Å². The number of allylic oxidation sites excluding steroid dienone is 2. The van der Waals surface area contributed by atoms with Gasteiger partial charge in [0.2, 0.25) is 0 Å². The van der Waals surface area contributed by atoms with E-state index < -0.39 is 24.1 Å². The minimum absolute atomic E-state index is 0.445. The van der Waals surface area contributed by atoms with Gasteiger partial charge in [0.15, 0.2) is 12.2 Å². The Balaban J connectivity index is 2.05. The fourth-order valence-electron chi connectivity index (χ4n) is 2.16. The minimum atomic E-state index is -0.677. The summed E-state index contributed by atoms with van der Waals surface area (Å²) < 4.78 is 10.6. The molecule has 1 aromatic rings. The molecule has 0 N–H and O–H groups in total. The Hall–Kier alpha value is -2.88. The van der Waals surface area contributed by atoms with Crippen LogP contribution in [0.5, 0.6) is 0 Å². The molecule has 1 aromatic carbocycles. The topological polar surface area (TPSA) is 52.6 Å². The third-order valence-electron chi connectivity index (χ3n) is 3.21. The summed E-state index contributed by atoms with van der Waals surface area (Å²) in [7, 11) is 0. The van der Waals surface area contributed by atoms with Crippen LogP contribution in [-0.4, -0.2) is 24.1 Å². The highest BCUT2D eigenvalue weighted by Gasteiger charge is 2.29. The van der Waals surface area contributed by atoms with Crippen LogP contribution in [0.3, 0.4) is 0 Å². The highest BCUT2D eigenvalue weighted by molar-refractivity contribution is 5.87. The molecule has 4 nitrogen and oxygen atoms in total. The van der Waals surface area contributed by atoms with E-state index in [4.69, 9.17) is 9.47 Å². The quantitative estimate of drug-likeness (QED) is 0.619. The second-order valence-electron chi connectivity index (χ2n) is 4.93. The molecule has 0 aromatic heterocycles. The molecular weight excluding hydrogens is 292 g/mol. The molecule has 0 amide bonds. The number of rotatable bonds is 5. The molecule has 2 rings (SSSR count). The smallest absolute Gasteiger partial charge is 0.331 e. The first-order valence-electron chi connectivity index (χ1n) is 7.22. The number of hydrogen-bond donors (Lipinski definition) is 0. The van der Waals surface area contributed by atoms with Crippen LogP contribution in [0.25, 0.3) is 6.08 Å². The van der Waals surface area contributed by atoms with Crippen LogP contribution in [-0.2, 0) is 19.1 Å². The molecule has 0 radical (unpaired) electrons. The van der Waals surface area contributed by atoms with Crippen molar-refractivity contribution in [2.75, 3.05) is 0 Å². The lowest BCUT2D eigenvalue weighted by molar-refractivity contribution is -0.157. The van der Waals surface area contributed by atoms with E-state index in [9.17, 15) is 9.59 Å². The van der Waals surface area contributed by atoms with Crippen LogP contribution in [0.1, 0.15) is 12.5 Å². The summed E-state index contributed by atoms with van der Waals surface area (Å²) in [5, 5.41) is 0. The zero-order chi connectivity index (χ0) is 16.7. The number of benzene rings is 1. The maximum absolute atomic E-state index is 12.0. The standard InChI is InChI=1S/C19H18O4/c1-3-16-10-7-11-17(19(16)22-14(2)20)23-18(21)13-12-15-8-5-4-6-9-15/h3-13,17,19H,1H2,2H3/b13-12+/t17-,19-/m1/s1. The SMILES string of the molecule is C=CC1=CC=C[C@@H](OC(=O)/C=C/c2ccccc2)[C@@H]1OC(C)=O. The van der Waals surface area contributed by atoms with Gasteiger partial charge in [-0.15, -0.1) is 0 Å². The van der Waals surface area contributed by atoms with Gasteiger partial charge in [0.1, 0.15) is 0 Å². The summed E-state index contributed by atoms with van der Waals surface area (Å²) in [6, 6.07) is 9.42. The Morgan fingerprint density at radius 3 is 2.57 bits per heavy atom. The third-order valence-corrected chi connectivity index (χ3v) is 3.21. The van der Waals surface area contributed by atoms with Gasteiger partial charge in [-0.3, -0.25) is 4.79 Å². The number of carbonyl (C=O) groups excluding carboxylic acids is 2. The van der Waals surface area contributed by atoms with Crippen LogP contribution in [0, 0.1) is 0 Å². The first-order chi connectivity index (χ1) is 11.1. The monoisotopic (exact) mass is 310 g/mol. The van der Waals surface area contributed by atoms with Gasteiger partial charge in [0, 0.05) is 13.0 Å². The molecule has 1 aliphatic carbocycles. The second kappa shape index (κ2) is 7.94. The first kappa shape index (κ1) is 16.5. The van der Waals surface area contributed by atoms with Gasteiger partial charge < -0.3 is 9.47 Å². The van der Waals surface area contributed by atoms with E-state index in [2.05, 4.69) is 6.58 Å². The Bertz CT molecular complexity index is 668.